The van der Waals surface area contributed by atoms with Crippen molar-refractivity contribution in [2.24, 2.45) is 0 Å². The summed E-state index contributed by atoms with van der Waals surface area (Å²) >= 11 is 0. The molecule has 0 radical (unpaired) electrons. The van der Waals surface area contributed by atoms with Gasteiger partial charge in [0.05, 0.1) is 31.4 Å². The second-order valence-electron chi connectivity index (χ2n) is 4.73. The smallest absolute Gasteiger partial charge is 0.307 e. The molecule has 1 amide bonds. The number of amides is 1. The number of ether oxygens (including phenoxy) is 1. The number of carbonyl (C=O) groups is 2. The number of hydrogen-bond acceptors (Lipinski definition) is 4. The maximum atomic E-state index is 12.1. The average Bonchev–Trinajstić information content (AvgIpc) is 3.01. The topological polar surface area (TPSA) is 68.5 Å². The fourth-order valence-corrected chi connectivity index (χ4v) is 1.94. The summed E-state index contributed by atoms with van der Waals surface area (Å²) in [4.78, 5) is 23.6. The van der Waals surface area contributed by atoms with Gasteiger partial charge >= 0.3 is 5.97 Å². The van der Waals surface area contributed by atoms with Crippen molar-refractivity contribution >= 4 is 11.9 Å². The zero-order valence-electron chi connectivity index (χ0n) is 12.0. The van der Waals surface area contributed by atoms with Crippen molar-refractivity contribution in [3.05, 3.63) is 59.5 Å². The van der Waals surface area contributed by atoms with Gasteiger partial charge in [-0.15, -0.1) is 0 Å². The molecule has 2 aromatic rings. The molecule has 0 aliphatic carbocycles. The third-order valence-corrected chi connectivity index (χ3v) is 3.17. The Morgan fingerprint density at radius 1 is 1.24 bits per heavy atom. The summed E-state index contributed by atoms with van der Waals surface area (Å²) in [5.41, 5.74) is 2.37. The van der Waals surface area contributed by atoms with Crippen LogP contribution in [0.3, 0.4) is 0 Å². The van der Waals surface area contributed by atoms with Crippen molar-refractivity contribution in [2.45, 2.75) is 19.4 Å². The molecule has 0 saturated carbocycles. The first-order chi connectivity index (χ1) is 10.1. The quantitative estimate of drug-likeness (QED) is 0.858. The van der Waals surface area contributed by atoms with E-state index < -0.39 is 6.04 Å². The van der Waals surface area contributed by atoms with Gasteiger partial charge in [0.25, 0.3) is 5.91 Å². The van der Waals surface area contributed by atoms with E-state index in [-0.39, 0.29) is 18.3 Å². The molecule has 5 nitrogen and oxygen atoms in total. The van der Waals surface area contributed by atoms with Gasteiger partial charge in [-0.2, -0.15) is 0 Å². The first-order valence-corrected chi connectivity index (χ1v) is 6.56. The van der Waals surface area contributed by atoms with E-state index in [0.29, 0.717) is 5.56 Å². The van der Waals surface area contributed by atoms with Crippen LogP contribution in [0.1, 0.15) is 33.9 Å². The van der Waals surface area contributed by atoms with Gasteiger partial charge in [0.2, 0.25) is 0 Å². The van der Waals surface area contributed by atoms with Crippen LogP contribution in [0.2, 0.25) is 0 Å². The number of methoxy groups -OCH3 is 1. The summed E-state index contributed by atoms with van der Waals surface area (Å²) < 4.78 is 9.58. The molecule has 0 fully saturated rings. The van der Waals surface area contributed by atoms with Crippen LogP contribution >= 0.6 is 0 Å². The van der Waals surface area contributed by atoms with Gasteiger partial charge in [-0.25, -0.2) is 0 Å². The largest absolute Gasteiger partial charge is 0.472 e. The van der Waals surface area contributed by atoms with E-state index in [1.807, 2.05) is 31.2 Å². The Morgan fingerprint density at radius 2 is 1.95 bits per heavy atom. The minimum Gasteiger partial charge on any atom is -0.472 e. The van der Waals surface area contributed by atoms with Crippen molar-refractivity contribution in [1.29, 1.82) is 0 Å². The fourth-order valence-electron chi connectivity index (χ4n) is 1.94. The van der Waals surface area contributed by atoms with Crippen molar-refractivity contribution in [3.8, 4) is 0 Å². The van der Waals surface area contributed by atoms with Crippen molar-refractivity contribution < 1.29 is 18.7 Å². The number of furan rings is 1. The van der Waals surface area contributed by atoms with Gasteiger partial charge in [0.1, 0.15) is 6.26 Å². The van der Waals surface area contributed by atoms with Crippen molar-refractivity contribution in [2.75, 3.05) is 7.11 Å². The van der Waals surface area contributed by atoms with Crippen LogP contribution in [0, 0.1) is 6.92 Å². The number of rotatable bonds is 5. The lowest BCUT2D eigenvalue weighted by molar-refractivity contribution is -0.141. The van der Waals surface area contributed by atoms with Gasteiger partial charge < -0.3 is 14.5 Å². The molecule has 1 N–H and O–H groups in total. The molecule has 1 atom stereocenters. The number of esters is 1. The Morgan fingerprint density at radius 3 is 2.52 bits per heavy atom. The molecule has 0 aliphatic rings. The molecule has 0 saturated heterocycles. The van der Waals surface area contributed by atoms with Crippen molar-refractivity contribution in [1.82, 2.24) is 5.32 Å². The Hall–Kier alpha value is -2.56. The molecular formula is C16H17NO4. The van der Waals surface area contributed by atoms with Gasteiger partial charge in [0, 0.05) is 0 Å². The number of aryl methyl sites for hydroxylation is 1. The Bertz CT molecular complexity index is 602. The van der Waals surface area contributed by atoms with E-state index in [0.717, 1.165) is 11.1 Å². The number of nitrogens with one attached hydrogen (secondary N) is 1. The highest BCUT2D eigenvalue weighted by molar-refractivity contribution is 5.94. The third kappa shape index (κ3) is 3.95. The Labute approximate surface area is 122 Å². The highest BCUT2D eigenvalue weighted by Crippen LogP contribution is 2.19. The highest BCUT2D eigenvalue weighted by atomic mass is 16.5. The molecule has 2 rings (SSSR count). The third-order valence-electron chi connectivity index (χ3n) is 3.17. The summed E-state index contributed by atoms with van der Waals surface area (Å²) in [5.74, 6) is -0.675. The molecule has 0 aliphatic heterocycles. The van der Waals surface area contributed by atoms with E-state index in [9.17, 15) is 9.59 Å². The molecule has 0 spiro atoms. The lowest BCUT2D eigenvalue weighted by Crippen LogP contribution is -2.30. The van der Waals surface area contributed by atoms with Crippen LogP contribution in [0.25, 0.3) is 0 Å². The van der Waals surface area contributed by atoms with E-state index >= 15 is 0 Å². The first-order valence-electron chi connectivity index (χ1n) is 6.56. The first kappa shape index (κ1) is 14.8. The number of hydrogen-bond donors (Lipinski definition) is 1. The number of benzene rings is 1. The van der Waals surface area contributed by atoms with Crippen LogP contribution in [0.5, 0.6) is 0 Å². The van der Waals surface area contributed by atoms with E-state index in [1.54, 1.807) is 6.07 Å². The van der Waals surface area contributed by atoms with Crippen LogP contribution in [0.4, 0.5) is 0 Å². The van der Waals surface area contributed by atoms with E-state index in [2.05, 4.69) is 10.1 Å². The summed E-state index contributed by atoms with van der Waals surface area (Å²) in [6.45, 7) is 1.98. The second kappa shape index (κ2) is 6.74. The molecule has 5 heteroatoms. The highest BCUT2D eigenvalue weighted by Gasteiger charge is 2.20. The molecule has 1 unspecified atom stereocenters. The molecule has 1 heterocycles. The molecule has 0 bridgehead atoms. The standard InChI is InChI=1S/C16H17NO4/c1-11-3-5-12(6-4-11)14(9-15(18)20-2)17-16(19)13-7-8-21-10-13/h3-8,10,14H,9H2,1-2H3,(H,17,19). The molecular weight excluding hydrogens is 270 g/mol. The predicted octanol–water partition coefficient (Wildman–Crippen LogP) is 2.62. The lowest BCUT2D eigenvalue weighted by atomic mass is 10.0. The van der Waals surface area contributed by atoms with Crippen LogP contribution in [-0.4, -0.2) is 19.0 Å². The van der Waals surface area contributed by atoms with Gasteiger partial charge in [-0.3, -0.25) is 9.59 Å². The predicted molar refractivity (Wildman–Crippen MR) is 76.7 cm³/mol. The zero-order valence-corrected chi connectivity index (χ0v) is 12.0. The van der Waals surface area contributed by atoms with Crippen LogP contribution in [0.15, 0.2) is 47.3 Å². The van der Waals surface area contributed by atoms with Crippen molar-refractivity contribution in [3.63, 3.8) is 0 Å². The lowest BCUT2D eigenvalue weighted by Gasteiger charge is -2.18. The van der Waals surface area contributed by atoms with Gasteiger partial charge in [-0.1, -0.05) is 29.8 Å². The minimum atomic E-state index is -0.444. The Balaban J connectivity index is 2.17. The van der Waals surface area contributed by atoms with E-state index in [4.69, 9.17) is 4.42 Å². The summed E-state index contributed by atoms with van der Waals surface area (Å²) in [5, 5.41) is 2.82. The minimum absolute atomic E-state index is 0.0726. The van der Waals surface area contributed by atoms with Gasteiger partial charge in [-0.05, 0) is 18.6 Å². The monoisotopic (exact) mass is 287 g/mol. The molecule has 1 aromatic carbocycles. The van der Waals surface area contributed by atoms with Crippen LogP contribution in [-0.2, 0) is 9.53 Å². The Kier molecular flexibility index (Phi) is 4.77. The summed E-state index contributed by atoms with van der Waals surface area (Å²) in [6.07, 6.45) is 2.86. The van der Waals surface area contributed by atoms with Crippen LogP contribution < -0.4 is 5.32 Å². The maximum Gasteiger partial charge on any atom is 0.307 e. The van der Waals surface area contributed by atoms with E-state index in [1.165, 1.54) is 19.6 Å². The second-order valence-corrected chi connectivity index (χ2v) is 4.73. The molecule has 21 heavy (non-hydrogen) atoms. The summed E-state index contributed by atoms with van der Waals surface area (Å²) in [7, 11) is 1.33. The average molecular weight is 287 g/mol. The molecule has 110 valence electrons. The SMILES string of the molecule is COC(=O)CC(NC(=O)c1ccoc1)c1ccc(C)cc1. The molecule has 1 aromatic heterocycles. The number of carbonyl (C=O) groups excluding carboxylic acids is 2. The normalized spacial score (nSPS) is 11.7. The van der Waals surface area contributed by atoms with Gasteiger partial charge in [0.15, 0.2) is 0 Å². The maximum absolute atomic E-state index is 12.1. The fraction of sp³-hybridized carbons (Fsp3) is 0.250. The zero-order chi connectivity index (χ0) is 15.2. The summed E-state index contributed by atoms with van der Waals surface area (Å²) in [6, 6.07) is 8.77.